The number of anilines is 1. The smallest absolute Gasteiger partial charge is 0.353 e. The van der Waals surface area contributed by atoms with E-state index in [4.69, 9.17) is 9.47 Å². The van der Waals surface area contributed by atoms with E-state index in [9.17, 15) is 14.4 Å². The molecule has 4 rings (SSSR count). The standard InChI is InChI=1S/C24H26N2O5/c1-16(2)25-22(28)19-6-4-5-7-20(19)26-21(27)12-14-24(25,26)23(29)31-15-13-17-8-10-18(30-3)11-9-17/h4-11,16H,12-15H2,1-3H3. The van der Waals surface area contributed by atoms with Gasteiger partial charge in [0.05, 0.1) is 25.0 Å². The highest BCUT2D eigenvalue weighted by Crippen LogP contribution is 2.45. The number of hydrogen-bond donors (Lipinski definition) is 0. The number of fused-ring (bicyclic) bond motifs is 3. The van der Waals surface area contributed by atoms with E-state index in [1.54, 1.807) is 31.4 Å². The first-order valence-electron chi connectivity index (χ1n) is 10.5. The molecule has 31 heavy (non-hydrogen) atoms. The van der Waals surface area contributed by atoms with Crippen LogP contribution in [-0.2, 0) is 20.7 Å². The highest BCUT2D eigenvalue weighted by molar-refractivity contribution is 6.15. The van der Waals surface area contributed by atoms with Crippen LogP contribution in [0.1, 0.15) is 42.6 Å². The lowest BCUT2D eigenvalue weighted by Gasteiger charge is -2.50. The van der Waals surface area contributed by atoms with Gasteiger partial charge in [0.15, 0.2) is 0 Å². The molecule has 2 aromatic rings. The van der Waals surface area contributed by atoms with Gasteiger partial charge in [0.25, 0.3) is 5.91 Å². The van der Waals surface area contributed by atoms with Crippen molar-refractivity contribution in [3.8, 4) is 5.75 Å². The number of hydrogen-bond acceptors (Lipinski definition) is 5. The number of carbonyl (C=O) groups is 3. The van der Waals surface area contributed by atoms with Gasteiger partial charge in [-0.15, -0.1) is 0 Å². The van der Waals surface area contributed by atoms with Gasteiger partial charge in [-0.05, 0) is 43.7 Å². The summed E-state index contributed by atoms with van der Waals surface area (Å²) in [5.74, 6) is -0.253. The van der Waals surface area contributed by atoms with Crippen molar-refractivity contribution in [3.05, 3.63) is 59.7 Å². The number of para-hydroxylation sites is 1. The molecule has 0 radical (unpaired) electrons. The van der Waals surface area contributed by atoms with Crippen LogP contribution in [0, 0.1) is 0 Å². The SMILES string of the molecule is COc1ccc(CCOC(=O)C23CCC(=O)N2c2ccccc2C(=O)N3C(C)C)cc1. The number of benzene rings is 2. The third kappa shape index (κ3) is 3.34. The van der Waals surface area contributed by atoms with Gasteiger partial charge >= 0.3 is 5.97 Å². The van der Waals surface area contributed by atoms with Gasteiger partial charge in [-0.1, -0.05) is 24.3 Å². The van der Waals surface area contributed by atoms with Crippen LogP contribution in [0.5, 0.6) is 5.75 Å². The number of methoxy groups -OCH3 is 1. The molecule has 1 saturated heterocycles. The van der Waals surface area contributed by atoms with Crippen molar-refractivity contribution in [2.75, 3.05) is 18.6 Å². The highest BCUT2D eigenvalue weighted by Gasteiger charge is 2.62. The Kier molecular flexibility index (Phi) is 5.43. The van der Waals surface area contributed by atoms with Crippen molar-refractivity contribution in [1.29, 1.82) is 0 Å². The Balaban J connectivity index is 1.62. The average molecular weight is 422 g/mol. The molecule has 162 valence electrons. The molecule has 1 atom stereocenters. The highest BCUT2D eigenvalue weighted by atomic mass is 16.5. The number of nitrogens with zero attached hydrogens (tertiary/aromatic N) is 2. The van der Waals surface area contributed by atoms with Gasteiger partial charge in [-0.25, -0.2) is 4.79 Å². The quantitative estimate of drug-likeness (QED) is 0.669. The number of esters is 1. The van der Waals surface area contributed by atoms with E-state index >= 15 is 0 Å². The molecule has 0 spiro atoms. The molecule has 1 unspecified atom stereocenters. The summed E-state index contributed by atoms with van der Waals surface area (Å²) in [5.41, 5.74) is 0.444. The Hall–Kier alpha value is -3.35. The van der Waals surface area contributed by atoms with Gasteiger partial charge in [0.2, 0.25) is 11.6 Å². The van der Waals surface area contributed by atoms with E-state index in [0.29, 0.717) is 17.7 Å². The predicted molar refractivity (Wildman–Crippen MR) is 115 cm³/mol. The van der Waals surface area contributed by atoms with Gasteiger partial charge in [0, 0.05) is 25.3 Å². The lowest BCUT2D eigenvalue weighted by molar-refractivity contribution is -0.158. The number of rotatable bonds is 6. The van der Waals surface area contributed by atoms with Crippen LogP contribution < -0.4 is 9.64 Å². The van der Waals surface area contributed by atoms with Gasteiger partial charge in [-0.3, -0.25) is 14.5 Å². The minimum absolute atomic E-state index is 0.150. The maximum absolute atomic E-state index is 13.5. The minimum Gasteiger partial charge on any atom is -0.497 e. The lowest BCUT2D eigenvalue weighted by atomic mass is 9.95. The third-order valence-corrected chi connectivity index (χ3v) is 5.93. The molecule has 0 N–H and O–H groups in total. The number of amides is 2. The van der Waals surface area contributed by atoms with E-state index in [1.165, 1.54) is 9.80 Å². The minimum atomic E-state index is -1.45. The van der Waals surface area contributed by atoms with Crippen LogP contribution in [0.15, 0.2) is 48.5 Å². The third-order valence-electron chi connectivity index (χ3n) is 5.93. The molecule has 2 aliphatic rings. The summed E-state index contributed by atoms with van der Waals surface area (Å²) >= 11 is 0. The van der Waals surface area contributed by atoms with Crippen LogP contribution in [-0.4, -0.2) is 48.1 Å². The molecule has 0 saturated carbocycles. The molecule has 7 nitrogen and oxygen atoms in total. The molecule has 2 aromatic carbocycles. The van der Waals surface area contributed by atoms with E-state index in [1.807, 2.05) is 38.1 Å². The van der Waals surface area contributed by atoms with E-state index in [2.05, 4.69) is 0 Å². The Morgan fingerprint density at radius 2 is 1.81 bits per heavy atom. The van der Waals surface area contributed by atoms with Crippen LogP contribution >= 0.6 is 0 Å². The Labute approximate surface area is 181 Å². The molecule has 1 fully saturated rings. The Morgan fingerprint density at radius 3 is 2.48 bits per heavy atom. The summed E-state index contributed by atoms with van der Waals surface area (Å²) in [7, 11) is 1.61. The summed E-state index contributed by atoms with van der Waals surface area (Å²) in [6.45, 7) is 3.84. The van der Waals surface area contributed by atoms with Gasteiger partial charge in [-0.2, -0.15) is 0 Å². The van der Waals surface area contributed by atoms with Crippen LogP contribution in [0.4, 0.5) is 5.69 Å². The number of carbonyl (C=O) groups excluding carboxylic acids is 3. The van der Waals surface area contributed by atoms with Gasteiger partial charge in [0.1, 0.15) is 5.75 Å². The first-order chi connectivity index (χ1) is 14.9. The molecule has 2 aliphatic heterocycles. The summed E-state index contributed by atoms with van der Waals surface area (Å²) in [4.78, 5) is 42.7. The van der Waals surface area contributed by atoms with Crippen LogP contribution in [0.25, 0.3) is 0 Å². The van der Waals surface area contributed by atoms with E-state index < -0.39 is 11.6 Å². The molecule has 0 bridgehead atoms. The average Bonchev–Trinajstić information content (AvgIpc) is 3.12. The first-order valence-corrected chi connectivity index (χ1v) is 10.5. The molecule has 0 aromatic heterocycles. The molecule has 2 heterocycles. The molecular formula is C24H26N2O5. The molecular weight excluding hydrogens is 396 g/mol. The molecule has 7 heteroatoms. The zero-order chi connectivity index (χ0) is 22.2. The maximum Gasteiger partial charge on any atom is 0.353 e. The Morgan fingerprint density at radius 1 is 1.10 bits per heavy atom. The summed E-state index contributed by atoms with van der Waals surface area (Å²) in [6.07, 6.45) is 0.913. The van der Waals surface area contributed by atoms with Gasteiger partial charge < -0.3 is 14.4 Å². The van der Waals surface area contributed by atoms with Crippen molar-refractivity contribution >= 4 is 23.5 Å². The molecule has 0 aliphatic carbocycles. The zero-order valence-corrected chi connectivity index (χ0v) is 18.0. The summed E-state index contributed by atoms with van der Waals surface area (Å²) < 4.78 is 10.8. The normalized spacial score (nSPS) is 20.0. The van der Waals surface area contributed by atoms with Crippen LogP contribution in [0.2, 0.25) is 0 Å². The predicted octanol–water partition coefficient (Wildman–Crippen LogP) is 3.17. The Bertz CT molecular complexity index is 1020. The largest absolute Gasteiger partial charge is 0.497 e. The maximum atomic E-state index is 13.5. The van der Waals surface area contributed by atoms with E-state index in [-0.39, 0.29) is 37.3 Å². The second-order valence-electron chi connectivity index (χ2n) is 8.07. The summed E-state index contributed by atoms with van der Waals surface area (Å²) in [5, 5.41) is 0. The van der Waals surface area contributed by atoms with Crippen molar-refractivity contribution in [2.45, 2.75) is 44.8 Å². The van der Waals surface area contributed by atoms with E-state index in [0.717, 1.165) is 11.3 Å². The lowest BCUT2D eigenvalue weighted by Crippen LogP contribution is -2.70. The number of ether oxygens (including phenoxy) is 2. The first kappa shape index (κ1) is 20.9. The second-order valence-corrected chi connectivity index (χ2v) is 8.07. The fourth-order valence-corrected chi connectivity index (χ4v) is 4.54. The fraction of sp³-hybridized carbons (Fsp3) is 0.375. The van der Waals surface area contributed by atoms with Crippen molar-refractivity contribution in [1.82, 2.24) is 4.90 Å². The van der Waals surface area contributed by atoms with Crippen molar-refractivity contribution in [3.63, 3.8) is 0 Å². The molecule has 2 amide bonds. The zero-order valence-electron chi connectivity index (χ0n) is 18.0. The fourth-order valence-electron chi connectivity index (χ4n) is 4.54. The second kappa shape index (κ2) is 8.06. The van der Waals surface area contributed by atoms with Crippen molar-refractivity contribution < 1.29 is 23.9 Å². The topological polar surface area (TPSA) is 76.1 Å². The van der Waals surface area contributed by atoms with Crippen LogP contribution in [0.3, 0.4) is 0 Å². The van der Waals surface area contributed by atoms with Crippen molar-refractivity contribution in [2.24, 2.45) is 0 Å². The monoisotopic (exact) mass is 422 g/mol. The summed E-state index contributed by atoms with van der Waals surface area (Å²) in [6, 6.07) is 14.2.